The number of hydrogen-bond acceptors (Lipinski definition) is 6. The zero-order valence-corrected chi connectivity index (χ0v) is 12.0. The van der Waals surface area contributed by atoms with Crippen LogP contribution in [0.4, 0.5) is 5.82 Å². The molecule has 110 valence electrons. The first-order valence-corrected chi connectivity index (χ1v) is 6.55. The highest BCUT2D eigenvalue weighted by atomic mass is 16.5. The molecular formula is C15H17N3O3. The maximum atomic E-state index is 11.4. The van der Waals surface area contributed by atoms with E-state index in [-0.39, 0.29) is 5.82 Å². The van der Waals surface area contributed by atoms with Crippen molar-refractivity contribution in [2.45, 2.75) is 6.92 Å². The molecule has 0 radical (unpaired) electrons. The van der Waals surface area contributed by atoms with Gasteiger partial charge in [0.25, 0.3) is 0 Å². The van der Waals surface area contributed by atoms with Gasteiger partial charge in [0.2, 0.25) is 5.82 Å². The molecule has 2 aromatic rings. The molecule has 0 aliphatic carbocycles. The summed E-state index contributed by atoms with van der Waals surface area (Å²) >= 11 is 0. The van der Waals surface area contributed by atoms with Gasteiger partial charge < -0.3 is 14.8 Å². The molecular weight excluding hydrogens is 270 g/mol. The third-order valence-electron chi connectivity index (χ3n) is 2.64. The molecule has 2 rings (SSSR count). The average molecular weight is 287 g/mol. The topological polar surface area (TPSA) is 73.3 Å². The molecule has 1 N–H and O–H groups in total. The molecule has 0 bridgehead atoms. The van der Waals surface area contributed by atoms with Crippen molar-refractivity contribution < 1.29 is 14.3 Å². The Labute approximate surface area is 123 Å². The number of methoxy groups -OCH3 is 1. The molecule has 0 unspecified atom stereocenters. The van der Waals surface area contributed by atoms with Crippen molar-refractivity contribution in [3.05, 3.63) is 47.9 Å². The van der Waals surface area contributed by atoms with Crippen LogP contribution in [0.15, 0.2) is 36.4 Å². The molecule has 0 saturated heterocycles. The Hall–Kier alpha value is -2.63. The summed E-state index contributed by atoms with van der Waals surface area (Å²) < 4.78 is 10.2. The monoisotopic (exact) mass is 287 g/mol. The van der Waals surface area contributed by atoms with E-state index in [1.54, 1.807) is 13.0 Å². The Bertz CT molecular complexity index is 602. The molecule has 0 saturated carbocycles. The van der Waals surface area contributed by atoms with Gasteiger partial charge in [-0.05, 0) is 19.1 Å². The zero-order valence-electron chi connectivity index (χ0n) is 12.0. The molecule has 0 aliphatic heterocycles. The number of para-hydroxylation sites is 1. The van der Waals surface area contributed by atoms with Crippen molar-refractivity contribution in [2.75, 3.05) is 25.6 Å². The van der Waals surface area contributed by atoms with Crippen LogP contribution in [0, 0.1) is 6.92 Å². The van der Waals surface area contributed by atoms with Crippen LogP contribution >= 0.6 is 0 Å². The van der Waals surface area contributed by atoms with Crippen LogP contribution in [0.5, 0.6) is 5.75 Å². The number of hydrogen-bond donors (Lipinski definition) is 1. The van der Waals surface area contributed by atoms with E-state index in [1.807, 2.05) is 30.3 Å². The number of aryl methyl sites for hydroxylation is 1. The Morgan fingerprint density at radius 3 is 2.71 bits per heavy atom. The average Bonchev–Trinajstić information content (AvgIpc) is 2.51. The Morgan fingerprint density at radius 1 is 1.24 bits per heavy atom. The number of nitrogens with zero attached hydrogens (tertiary/aromatic N) is 2. The molecule has 6 nitrogen and oxygen atoms in total. The minimum absolute atomic E-state index is 0.0453. The Kier molecular flexibility index (Phi) is 5.09. The van der Waals surface area contributed by atoms with Gasteiger partial charge in [0.15, 0.2) is 0 Å². The quantitative estimate of drug-likeness (QED) is 0.647. The number of ether oxygens (including phenoxy) is 2. The van der Waals surface area contributed by atoms with Crippen LogP contribution in [0.1, 0.15) is 16.3 Å². The minimum atomic E-state index is -0.553. The highest BCUT2D eigenvalue weighted by Crippen LogP contribution is 2.09. The van der Waals surface area contributed by atoms with Crippen molar-refractivity contribution in [1.29, 1.82) is 0 Å². The Balaban J connectivity index is 1.88. The number of anilines is 1. The van der Waals surface area contributed by atoms with E-state index in [9.17, 15) is 4.79 Å². The van der Waals surface area contributed by atoms with Crippen LogP contribution in [0.25, 0.3) is 0 Å². The summed E-state index contributed by atoms with van der Waals surface area (Å²) in [6.07, 6.45) is 0. The molecule has 0 atom stereocenters. The van der Waals surface area contributed by atoms with Crippen LogP contribution in [0.2, 0.25) is 0 Å². The highest BCUT2D eigenvalue weighted by molar-refractivity contribution is 5.85. The normalized spacial score (nSPS) is 10.0. The standard InChI is InChI=1S/C15H17N3O3/c1-11-10-13(18-14(17-11)15(19)20-2)16-8-9-21-12-6-4-3-5-7-12/h3-7,10H,8-9H2,1-2H3,(H,16,17,18). The third kappa shape index (κ3) is 4.45. The molecule has 1 heterocycles. The summed E-state index contributed by atoms with van der Waals surface area (Å²) in [5.41, 5.74) is 0.692. The lowest BCUT2D eigenvalue weighted by atomic mass is 10.3. The van der Waals surface area contributed by atoms with Gasteiger partial charge >= 0.3 is 5.97 Å². The third-order valence-corrected chi connectivity index (χ3v) is 2.64. The van der Waals surface area contributed by atoms with E-state index < -0.39 is 5.97 Å². The molecule has 0 spiro atoms. The van der Waals surface area contributed by atoms with Gasteiger partial charge in [0, 0.05) is 11.8 Å². The van der Waals surface area contributed by atoms with Crippen LogP contribution in [-0.4, -0.2) is 36.2 Å². The molecule has 1 aromatic heterocycles. The smallest absolute Gasteiger partial charge is 0.376 e. The fourth-order valence-corrected chi connectivity index (χ4v) is 1.71. The van der Waals surface area contributed by atoms with Gasteiger partial charge in [0.1, 0.15) is 18.2 Å². The fourth-order valence-electron chi connectivity index (χ4n) is 1.71. The van der Waals surface area contributed by atoms with Crippen molar-refractivity contribution in [3.8, 4) is 5.75 Å². The molecule has 1 aromatic carbocycles. The van der Waals surface area contributed by atoms with Crippen LogP contribution in [0.3, 0.4) is 0 Å². The summed E-state index contributed by atoms with van der Waals surface area (Å²) in [6.45, 7) is 2.84. The summed E-state index contributed by atoms with van der Waals surface area (Å²) in [7, 11) is 1.30. The fraction of sp³-hybridized carbons (Fsp3) is 0.267. The zero-order chi connectivity index (χ0) is 15.1. The maximum Gasteiger partial charge on any atom is 0.376 e. The summed E-state index contributed by atoms with van der Waals surface area (Å²) in [5, 5.41) is 3.09. The van der Waals surface area contributed by atoms with E-state index in [1.165, 1.54) is 7.11 Å². The largest absolute Gasteiger partial charge is 0.492 e. The second-order valence-electron chi connectivity index (χ2n) is 4.30. The summed E-state index contributed by atoms with van der Waals surface area (Å²) in [5.74, 6) is 0.874. The van der Waals surface area contributed by atoms with Gasteiger partial charge in [-0.15, -0.1) is 0 Å². The van der Waals surface area contributed by atoms with Gasteiger partial charge in [-0.25, -0.2) is 14.8 Å². The van der Waals surface area contributed by atoms with Crippen LogP contribution < -0.4 is 10.1 Å². The molecule has 0 aliphatic rings. The molecule has 0 fully saturated rings. The lowest BCUT2D eigenvalue weighted by Gasteiger charge is -2.09. The number of esters is 1. The lowest BCUT2D eigenvalue weighted by molar-refractivity contribution is 0.0586. The van der Waals surface area contributed by atoms with Gasteiger partial charge in [-0.2, -0.15) is 0 Å². The Morgan fingerprint density at radius 2 is 2.00 bits per heavy atom. The highest BCUT2D eigenvalue weighted by Gasteiger charge is 2.11. The van der Waals surface area contributed by atoms with Gasteiger partial charge in [-0.3, -0.25) is 0 Å². The van der Waals surface area contributed by atoms with E-state index >= 15 is 0 Å². The second-order valence-corrected chi connectivity index (χ2v) is 4.30. The van der Waals surface area contributed by atoms with Crippen molar-refractivity contribution in [1.82, 2.24) is 9.97 Å². The second kappa shape index (κ2) is 7.23. The SMILES string of the molecule is COC(=O)c1nc(C)cc(NCCOc2ccccc2)n1. The number of nitrogens with one attached hydrogen (secondary N) is 1. The van der Waals surface area contributed by atoms with Crippen molar-refractivity contribution >= 4 is 11.8 Å². The minimum Gasteiger partial charge on any atom is -0.492 e. The van der Waals surface area contributed by atoms with E-state index in [0.29, 0.717) is 24.7 Å². The van der Waals surface area contributed by atoms with Crippen molar-refractivity contribution in [2.24, 2.45) is 0 Å². The van der Waals surface area contributed by atoms with Gasteiger partial charge in [0.05, 0.1) is 13.7 Å². The predicted octanol–water partition coefficient (Wildman–Crippen LogP) is 2.06. The van der Waals surface area contributed by atoms with Gasteiger partial charge in [-0.1, -0.05) is 18.2 Å². The lowest BCUT2D eigenvalue weighted by Crippen LogP contribution is -2.15. The molecule has 21 heavy (non-hydrogen) atoms. The van der Waals surface area contributed by atoms with E-state index in [0.717, 1.165) is 5.75 Å². The van der Waals surface area contributed by atoms with Crippen LogP contribution in [-0.2, 0) is 4.74 Å². The molecule has 0 amide bonds. The first-order chi connectivity index (χ1) is 10.2. The number of rotatable bonds is 6. The summed E-state index contributed by atoms with van der Waals surface area (Å²) in [4.78, 5) is 19.6. The first kappa shape index (κ1) is 14.8. The van der Waals surface area contributed by atoms with Crippen molar-refractivity contribution in [3.63, 3.8) is 0 Å². The number of aromatic nitrogens is 2. The number of carbonyl (C=O) groups excluding carboxylic acids is 1. The summed E-state index contributed by atoms with van der Waals surface area (Å²) in [6, 6.07) is 11.3. The van der Waals surface area contributed by atoms with E-state index in [2.05, 4.69) is 20.0 Å². The first-order valence-electron chi connectivity index (χ1n) is 6.55. The maximum absolute atomic E-state index is 11.4. The van der Waals surface area contributed by atoms with E-state index in [4.69, 9.17) is 4.74 Å². The molecule has 6 heteroatoms. The number of benzene rings is 1. The number of carbonyl (C=O) groups is 1. The predicted molar refractivity (Wildman–Crippen MR) is 78.5 cm³/mol.